The van der Waals surface area contributed by atoms with Crippen molar-refractivity contribution in [2.75, 3.05) is 89.0 Å². The second-order valence-corrected chi connectivity index (χ2v) is 23.5. The van der Waals surface area contributed by atoms with Crippen molar-refractivity contribution >= 4 is 68.7 Å². The first-order valence-corrected chi connectivity index (χ1v) is 29.0. The van der Waals surface area contributed by atoms with Crippen molar-refractivity contribution in [1.29, 1.82) is 5.26 Å². The number of likely N-dealkylation sites (N-methyl/N-ethyl adjacent to an activating group) is 1. The van der Waals surface area contributed by atoms with Crippen LogP contribution < -0.4 is 19.9 Å². The Morgan fingerprint density at radius 2 is 1.76 bits per heavy atom. The molecule has 5 aromatic rings. The summed E-state index contributed by atoms with van der Waals surface area (Å²) in [5.41, 5.74) is 2.69. The average Bonchev–Trinajstić information content (AvgIpc) is 2.89. The molecule has 22 heteroatoms. The van der Waals surface area contributed by atoms with E-state index in [1.54, 1.807) is 27.8 Å². The number of benzene rings is 4. The molecule has 3 atom stereocenters. The number of aromatic nitrogens is 2. The number of anilines is 2. The molecule has 9 rings (SSSR count). The molecule has 82 heavy (non-hydrogen) atoms. The van der Waals surface area contributed by atoms with Gasteiger partial charge in [-0.15, -0.1) is 0 Å². The lowest BCUT2D eigenvalue weighted by Gasteiger charge is -2.42. The minimum Gasteiger partial charge on any atom is -0.462 e. The second kappa shape index (κ2) is 26.4. The fourth-order valence-electron chi connectivity index (χ4n) is 11.1. The number of hydrogen-bond donors (Lipinski definition) is 1. The number of halogens is 4. The van der Waals surface area contributed by atoms with Crippen molar-refractivity contribution < 1.29 is 41.8 Å². The number of likely N-dealkylation sites (tertiary alicyclic amines) is 1. The molecule has 0 bridgehead atoms. The molecule has 0 spiro atoms. The number of hydrogen-bond acceptors (Lipinski definition) is 14. The summed E-state index contributed by atoms with van der Waals surface area (Å²) < 4.78 is 62.3. The monoisotopic (exact) mass is 1160 g/mol. The van der Waals surface area contributed by atoms with Crippen LogP contribution in [-0.4, -0.2) is 150 Å². The van der Waals surface area contributed by atoms with E-state index in [-0.39, 0.29) is 68.3 Å². The molecule has 0 saturated carbocycles. The van der Waals surface area contributed by atoms with E-state index < -0.39 is 52.0 Å². The van der Waals surface area contributed by atoms with Crippen molar-refractivity contribution in [1.82, 2.24) is 35.0 Å². The molecule has 434 valence electrons. The number of carbonyl (C=O) groups excluding carboxylic acids is 3. The highest BCUT2D eigenvalue weighted by Gasteiger charge is 2.50. The van der Waals surface area contributed by atoms with Crippen LogP contribution in [-0.2, 0) is 32.1 Å². The molecule has 2 fully saturated rings. The molecule has 2 saturated heterocycles. The number of carbonyl (C=O) groups is 3. The first-order valence-electron chi connectivity index (χ1n) is 27.8. The van der Waals surface area contributed by atoms with E-state index in [2.05, 4.69) is 38.7 Å². The lowest BCUT2D eigenvalue weighted by molar-refractivity contribution is -0.131. The SMILES string of the molecule is C=C(F)C(=O)N1CCN(c2nc(OC[C@@H]3CCCN3CCCOCCN(C)C(=O)N3N=C(c4cc(F)ccc4F)S[C@@]3(CCCNC(=O)OC(C)(C)C)c3ccccc3)nc3c2CCN(c2cccc4cccc(Cl)c24)C3)C[C@@H]1CC#N. The van der Waals surface area contributed by atoms with Crippen LogP contribution in [0.15, 0.2) is 102 Å². The maximum absolute atomic E-state index is 15.4. The van der Waals surface area contributed by atoms with Crippen molar-refractivity contribution in [3.8, 4) is 12.1 Å². The summed E-state index contributed by atoms with van der Waals surface area (Å²) in [5.74, 6) is -2.53. The third-order valence-corrected chi connectivity index (χ3v) is 16.8. The number of hydrazone groups is 1. The number of amides is 4. The number of fused-ring (bicyclic) bond motifs is 2. The highest BCUT2D eigenvalue weighted by Crippen LogP contribution is 2.51. The molecule has 5 heterocycles. The van der Waals surface area contributed by atoms with Crippen molar-refractivity contribution in [3.63, 3.8) is 0 Å². The van der Waals surface area contributed by atoms with Crippen LogP contribution in [0.25, 0.3) is 10.8 Å². The Hall–Kier alpha value is -7.12. The Balaban J connectivity index is 0.836. The van der Waals surface area contributed by atoms with E-state index in [1.165, 1.54) is 14.8 Å². The first kappa shape index (κ1) is 59.5. The van der Waals surface area contributed by atoms with Crippen LogP contribution in [0.1, 0.15) is 81.7 Å². The number of nitrogens with one attached hydrogen (secondary N) is 1. The molecule has 17 nitrogen and oxygen atoms in total. The van der Waals surface area contributed by atoms with E-state index in [0.29, 0.717) is 68.5 Å². The lowest BCUT2D eigenvalue weighted by Crippen LogP contribution is -2.55. The van der Waals surface area contributed by atoms with E-state index in [9.17, 15) is 28.4 Å². The number of piperazine rings is 1. The zero-order valence-corrected chi connectivity index (χ0v) is 48.3. The summed E-state index contributed by atoms with van der Waals surface area (Å²) >= 11 is 7.97. The van der Waals surface area contributed by atoms with Gasteiger partial charge in [0.1, 0.15) is 39.6 Å². The number of urea groups is 1. The van der Waals surface area contributed by atoms with Crippen molar-refractivity contribution in [3.05, 3.63) is 136 Å². The lowest BCUT2D eigenvalue weighted by atomic mass is 10.0. The topological polar surface area (TPSA) is 172 Å². The summed E-state index contributed by atoms with van der Waals surface area (Å²) in [6.45, 7) is 13.5. The third-order valence-electron chi connectivity index (χ3n) is 15.1. The van der Waals surface area contributed by atoms with E-state index >= 15 is 4.39 Å². The van der Waals surface area contributed by atoms with Gasteiger partial charge in [0.25, 0.3) is 5.91 Å². The zero-order chi connectivity index (χ0) is 58.1. The Bertz CT molecular complexity index is 3220. The molecule has 0 aliphatic carbocycles. The molecule has 4 aliphatic heterocycles. The fourth-order valence-corrected chi connectivity index (χ4v) is 12.8. The van der Waals surface area contributed by atoms with Crippen LogP contribution >= 0.6 is 23.4 Å². The zero-order valence-electron chi connectivity index (χ0n) is 46.7. The van der Waals surface area contributed by atoms with Gasteiger partial charge < -0.3 is 39.1 Å². The maximum atomic E-state index is 15.4. The van der Waals surface area contributed by atoms with Gasteiger partial charge in [0.15, 0.2) is 5.83 Å². The highest BCUT2D eigenvalue weighted by molar-refractivity contribution is 8.15. The molecular weight excluding hydrogens is 1100 g/mol. The van der Waals surface area contributed by atoms with Crippen LogP contribution in [0.4, 0.5) is 34.3 Å². The predicted molar refractivity (Wildman–Crippen MR) is 311 cm³/mol. The quantitative estimate of drug-likeness (QED) is 0.0577. The van der Waals surface area contributed by atoms with Crippen molar-refractivity contribution in [2.45, 2.75) is 94.8 Å². The predicted octanol–water partition coefficient (Wildman–Crippen LogP) is 10.4. The Kier molecular flexibility index (Phi) is 19.2. The number of nitriles is 1. The van der Waals surface area contributed by atoms with Gasteiger partial charge in [0, 0.05) is 87.7 Å². The maximum Gasteiger partial charge on any atom is 0.407 e. The smallest absolute Gasteiger partial charge is 0.407 e. The first-order chi connectivity index (χ1) is 39.4. The summed E-state index contributed by atoms with van der Waals surface area (Å²) in [6, 6.07) is 25.8. The summed E-state index contributed by atoms with van der Waals surface area (Å²) in [7, 11) is 1.65. The van der Waals surface area contributed by atoms with Gasteiger partial charge in [0.05, 0.1) is 42.4 Å². The van der Waals surface area contributed by atoms with Gasteiger partial charge in [-0.1, -0.05) is 84.5 Å². The van der Waals surface area contributed by atoms with E-state index in [1.807, 2.05) is 60.7 Å². The molecule has 1 aromatic heterocycles. The van der Waals surface area contributed by atoms with Gasteiger partial charge in [-0.2, -0.15) is 25.3 Å². The third kappa shape index (κ3) is 13.9. The number of rotatable bonds is 20. The van der Waals surface area contributed by atoms with E-state index in [4.69, 9.17) is 40.9 Å². The molecule has 0 radical (unpaired) electrons. The molecular formula is C60H69ClF3N11O6S. The highest BCUT2D eigenvalue weighted by atomic mass is 35.5. The van der Waals surface area contributed by atoms with Gasteiger partial charge in [-0.3, -0.25) is 9.69 Å². The van der Waals surface area contributed by atoms with Crippen LogP contribution in [0.2, 0.25) is 5.02 Å². The van der Waals surface area contributed by atoms with Crippen LogP contribution in [0.3, 0.4) is 0 Å². The molecule has 1 N–H and O–H groups in total. The van der Waals surface area contributed by atoms with Crippen LogP contribution in [0, 0.1) is 23.0 Å². The summed E-state index contributed by atoms with van der Waals surface area (Å²) in [5, 5.41) is 21.4. The Morgan fingerprint density at radius 3 is 2.52 bits per heavy atom. The van der Waals surface area contributed by atoms with Gasteiger partial charge >= 0.3 is 18.1 Å². The van der Waals surface area contributed by atoms with Gasteiger partial charge in [-0.05, 0) is 107 Å². The standard InChI is InChI=1S/C60H69ClF3N11O6S/c1-40(62)55(76)74-32-31-73(37-44(74)23-26-65)53-46-24-30-72(51-20-10-15-41-14-9-19-48(61)52(41)51)38-50(46)67-56(68-53)80-39-45-18-11-28-71(45)29-13-34-79-35-33-70(5)58(78)75-60(42-16-7-6-8-17-42,25-12-27-66-57(77)81-59(2,3)4)82-54(69-75)47-36-43(63)21-22-49(47)64/h6-10,14-17,19-22,36,44-45H,1,11-13,18,23-25,27-35,37-39H2,2-5H3,(H,66,77)/t44-,45-,60-/m0/s1. The Labute approximate surface area is 486 Å². The largest absolute Gasteiger partial charge is 0.462 e. The van der Waals surface area contributed by atoms with Gasteiger partial charge in [-0.25, -0.2) is 22.8 Å². The molecule has 4 aliphatic rings. The normalized spacial score (nSPS) is 19.2. The van der Waals surface area contributed by atoms with E-state index in [0.717, 1.165) is 83.6 Å². The summed E-state index contributed by atoms with van der Waals surface area (Å²) in [4.78, 5) is 58.4. The average molecular weight is 1160 g/mol. The Morgan fingerprint density at radius 1 is 0.963 bits per heavy atom. The number of ether oxygens (including phenoxy) is 3. The number of nitrogens with zero attached hydrogens (tertiary/aromatic N) is 10. The number of thioether (sulfide) groups is 1. The van der Waals surface area contributed by atoms with Gasteiger partial charge in [0.2, 0.25) is 0 Å². The van der Waals surface area contributed by atoms with Crippen molar-refractivity contribution in [2.24, 2.45) is 5.10 Å². The molecule has 4 aromatic carbocycles. The molecule has 0 unspecified atom stereocenters. The minimum absolute atomic E-state index is 0.00981. The summed E-state index contributed by atoms with van der Waals surface area (Å²) in [6.07, 6.45) is 3.31. The van der Waals surface area contributed by atoms with Crippen LogP contribution in [0.5, 0.6) is 6.01 Å². The molecule has 4 amide bonds. The minimum atomic E-state index is -1.19. The fraction of sp³-hybridized carbons (Fsp3) is 0.450. The number of alkyl carbamates (subject to hydrolysis) is 1. The second-order valence-electron chi connectivity index (χ2n) is 21.8.